The van der Waals surface area contributed by atoms with Gasteiger partial charge in [-0.25, -0.2) is 9.67 Å². The maximum absolute atomic E-state index is 13.0. The van der Waals surface area contributed by atoms with E-state index in [2.05, 4.69) is 10.1 Å². The number of ether oxygens (including phenoxy) is 1. The van der Waals surface area contributed by atoms with Gasteiger partial charge in [-0.15, -0.1) is 0 Å². The van der Waals surface area contributed by atoms with Crippen molar-refractivity contribution in [3.05, 3.63) is 89.1 Å². The fourth-order valence-corrected chi connectivity index (χ4v) is 3.79. The van der Waals surface area contributed by atoms with Crippen LogP contribution in [0.3, 0.4) is 0 Å². The largest absolute Gasteiger partial charge is 0.455 e. The fraction of sp³-hybridized carbons (Fsp3) is 0.217. The van der Waals surface area contributed by atoms with Crippen LogP contribution in [0.2, 0.25) is 5.02 Å². The molecule has 0 fully saturated rings. The molecule has 0 saturated heterocycles. The molecule has 2 aromatic carbocycles. The summed E-state index contributed by atoms with van der Waals surface area (Å²) in [5.41, 5.74) is 2.69. The Bertz CT molecular complexity index is 1100. The zero-order valence-corrected chi connectivity index (χ0v) is 17.6. The lowest BCUT2D eigenvalue weighted by Gasteiger charge is -2.32. The number of benzene rings is 2. The minimum Gasteiger partial charge on any atom is -0.455 e. The number of esters is 1. The van der Waals surface area contributed by atoms with Crippen molar-refractivity contribution in [3.63, 3.8) is 0 Å². The molecule has 0 radical (unpaired) electrons. The third-order valence-corrected chi connectivity index (χ3v) is 5.42. The highest BCUT2D eigenvalue weighted by Crippen LogP contribution is 2.34. The average molecular weight is 437 g/mol. The maximum Gasteiger partial charge on any atom is 0.308 e. The first-order chi connectivity index (χ1) is 15.0. The van der Waals surface area contributed by atoms with Crippen molar-refractivity contribution in [2.75, 3.05) is 0 Å². The summed E-state index contributed by atoms with van der Waals surface area (Å²) in [4.78, 5) is 30.7. The molecule has 2 unspecified atom stereocenters. The first-order valence-corrected chi connectivity index (χ1v) is 10.2. The van der Waals surface area contributed by atoms with Crippen LogP contribution in [0.5, 0.6) is 0 Å². The maximum atomic E-state index is 13.0. The second-order valence-electron chi connectivity index (χ2n) is 7.24. The molecule has 1 amide bonds. The summed E-state index contributed by atoms with van der Waals surface area (Å²) in [7, 11) is 0. The van der Waals surface area contributed by atoms with Gasteiger partial charge in [-0.05, 0) is 34.9 Å². The van der Waals surface area contributed by atoms with Crippen LogP contribution in [-0.2, 0) is 20.9 Å². The summed E-state index contributed by atoms with van der Waals surface area (Å²) in [6.07, 6.45) is 6.04. The minimum absolute atomic E-state index is 0.0301. The van der Waals surface area contributed by atoms with Gasteiger partial charge in [-0.2, -0.15) is 5.10 Å². The first kappa shape index (κ1) is 20.8. The number of amides is 1. The molecule has 2 atom stereocenters. The predicted octanol–water partition coefficient (Wildman–Crippen LogP) is 4.18. The summed E-state index contributed by atoms with van der Waals surface area (Å²) in [5.74, 6) is -0.554. The number of hydrogen-bond donors (Lipinski definition) is 0. The second kappa shape index (κ2) is 9.14. The molecular weight excluding hydrogens is 416 g/mol. The second-order valence-corrected chi connectivity index (χ2v) is 7.67. The van der Waals surface area contributed by atoms with Gasteiger partial charge in [0.15, 0.2) is 0 Å². The van der Waals surface area contributed by atoms with E-state index in [1.54, 1.807) is 34.2 Å². The summed E-state index contributed by atoms with van der Waals surface area (Å²) in [5, 5.41) is 4.71. The monoisotopic (exact) mass is 436 g/mol. The Hall–Kier alpha value is -3.45. The molecule has 0 N–H and O–H groups in total. The van der Waals surface area contributed by atoms with Crippen molar-refractivity contribution in [3.8, 4) is 0 Å². The van der Waals surface area contributed by atoms with Gasteiger partial charge in [0.05, 0.1) is 19.0 Å². The van der Waals surface area contributed by atoms with Crippen LogP contribution in [0.15, 0.2) is 67.4 Å². The Labute approximate surface area is 184 Å². The third kappa shape index (κ3) is 4.83. The van der Waals surface area contributed by atoms with E-state index in [9.17, 15) is 9.59 Å². The highest BCUT2D eigenvalue weighted by molar-refractivity contribution is 6.30. The molecule has 0 saturated carbocycles. The molecule has 4 rings (SSSR count). The van der Waals surface area contributed by atoms with E-state index in [1.165, 1.54) is 13.3 Å². The highest BCUT2D eigenvalue weighted by atomic mass is 35.5. The molecular formula is C23H21ClN4O3. The van der Waals surface area contributed by atoms with Crippen LogP contribution in [0, 0.1) is 0 Å². The van der Waals surface area contributed by atoms with Gasteiger partial charge >= 0.3 is 5.97 Å². The number of carbonyl (C=O) groups is 2. The molecule has 0 bridgehead atoms. The van der Waals surface area contributed by atoms with E-state index < -0.39 is 18.1 Å². The van der Waals surface area contributed by atoms with Crippen LogP contribution in [0.4, 0.5) is 0 Å². The third-order valence-electron chi connectivity index (χ3n) is 5.16. The average Bonchev–Trinajstić information content (AvgIpc) is 3.27. The number of nitrogens with zero attached hydrogens (tertiary/aromatic N) is 4. The Balaban J connectivity index is 1.56. The number of fused-ring (bicyclic) bond motifs is 1. The van der Waals surface area contributed by atoms with Crippen molar-refractivity contribution >= 4 is 29.6 Å². The lowest BCUT2D eigenvalue weighted by atomic mass is 9.94. The SMILES string of the molecule is CC(=O)N1C=Cc2ccccc2C1CC(=O)OC(Cn1cncn1)c1ccc(Cl)cc1. The lowest BCUT2D eigenvalue weighted by molar-refractivity contribution is -0.152. The van der Waals surface area contributed by atoms with Gasteiger partial charge in [0.2, 0.25) is 5.91 Å². The molecule has 8 heteroatoms. The molecule has 1 aromatic heterocycles. The highest BCUT2D eigenvalue weighted by Gasteiger charge is 2.30. The molecule has 0 aliphatic carbocycles. The van der Waals surface area contributed by atoms with Gasteiger partial charge in [0, 0.05) is 18.1 Å². The Morgan fingerprint density at radius 2 is 1.94 bits per heavy atom. The molecule has 2 heterocycles. The van der Waals surface area contributed by atoms with Gasteiger partial charge in [0.25, 0.3) is 0 Å². The number of halogens is 1. The van der Waals surface area contributed by atoms with E-state index in [4.69, 9.17) is 16.3 Å². The normalized spacial score (nSPS) is 15.9. The van der Waals surface area contributed by atoms with Crippen LogP contribution in [-0.4, -0.2) is 31.5 Å². The van der Waals surface area contributed by atoms with Crippen LogP contribution in [0.25, 0.3) is 6.08 Å². The number of rotatable bonds is 6. The summed E-state index contributed by atoms with van der Waals surface area (Å²) >= 11 is 6.01. The van der Waals surface area contributed by atoms with Crippen molar-refractivity contribution < 1.29 is 14.3 Å². The minimum atomic E-state index is -0.577. The van der Waals surface area contributed by atoms with Crippen LogP contribution in [0.1, 0.15) is 42.2 Å². The molecule has 1 aliphatic rings. The van der Waals surface area contributed by atoms with Gasteiger partial charge < -0.3 is 9.64 Å². The van der Waals surface area contributed by atoms with E-state index in [0.717, 1.165) is 16.7 Å². The number of hydrogen-bond acceptors (Lipinski definition) is 5. The Morgan fingerprint density at radius 3 is 2.65 bits per heavy atom. The van der Waals surface area contributed by atoms with Gasteiger partial charge in [0.1, 0.15) is 18.8 Å². The van der Waals surface area contributed by atoms with Crippen molar-refractivity contribution in [2.45, 2.75) is 32.0 Å². The smallest absolute Gasteiger partial charge is 0.308 e. The molecule has 0 spiro atoms. The predicted molar refractivity (Wildman–Crippen MR) is 116 cm³/mol. The van der Waals surface area contributed by atoms with E-state index in [-0.39, 0.29) is 12.3 Å². The van der Waals surface area contributed by atoms with Crippen molar-refractivity contribution in [2.24, 2.45) is 0 Å². The standard InChI is InChI=1S/C23H21ClN4O3/c1-16(29)28-11-10-17-4-2-3-5-20(17)21(28)12-23(30)31-22(13-27-15-25-14-26-27)18-6-8-19(24)9-7-18/h2-11,14-15,21-22H,12-13H2,1H3. The Morgan fingerprint density at radius 1 is 1.16 bits per heavy atom. The van der Waals surface area contributed by atoms with Crippen LogP contribution >= 0.6 is 11.6 Å². The summed E-state index contributed by atoms with van der Waals surface area (Å²) in [6.45, 7) is 1.79. The topological polar surface area (TPSA) is 77.3 Å². The van der Waals surface area contributed by atoms with E-state index in [0.29, 0.717) is 11.6 Å². The number of carbonyl (C=O) groups excluding carboxylic acids is 2. The van der Waals surface area contributed by atoms with Crippen molar-refractivity contribution in [1.29, 1.82) is 0 Å². The van der Waals surface area contributed by atoms with Gasteiger partial charge in [-0.1, -0.05) is 48.0 Å². The summed E-state index contributed by atoms with van der Waals surface area (Å²) < 4.78 is 7.47. The molecule has 3 aromatic rings. The molecule has 7 nitrogen and oxygen atoms in total. The van der Waals surface area contributed by atoms with Crippen LogP contribution < -0.4 is 0 Å². The number of aromatic nitrogens is 3. The quantitative estimate of drug-likeness (QED) is 0.542. The van der Waals surface area contributed by atoms with Crippen molar-refractivity contribution in [1.82, 2.24) is 19.7 Å². The van der Waals surface area contributed by atoms with Gasteiger partial charge in [-0.3, -0.25) is 9.59 Å². The zero-order chi connectivity index (χ0) is 21.8. The fourth-order valence-electron chi connectivity index (χ4n) is 3.66. The Kier molecular flexibility index (Phi) is 6.13. The summed E-state index contributed by atoms with van der Waals surface area (Å²) in [6, 6.07) is 14.4. The molecule has 158 valence electrons. The van der Waals surface area contributed by atoms with E-state index >= 15 is 0 Å². The lowest BCUT2D eigenvalue weighted by Crippen LogP contribution is -2.33. The zero-order valence-electron chi connectivity index (χ0n) is 16.9. The van der Waals surface area contributed by atoms with E-state index in [1.807, 2.05) is 42.5 Å². The first-order valence-electron chi connectivity index (χ1n) is 9.84. The molecule has 1 aliphatic heterocycles. The molecule has 31 heavy (non-hydrogen) atoms.